The van der Waals surface area contributed by atoms with Gasteiger partial charge < -0.3 is 15.4 Å². The molecule has 0 saturated carbocycles. The third-order valence-electron chi connectivity index (χ3n) is 2.17. The highest BCUT2D eigenvalue weighted by Gasteiger charge is 2.06. The van der Waals surface area contributed by atoms with E-state index in [9.17, 15) is 9.18 Å². The lowest BCUT2D eigenvalue weighted by molar-refractivity contribution is 0.238. The molecular weight excluding hydrogens is 235 g/mol. The summed E-state index contributed by atoms with van der Waals surface area (Å²) in [4.78, 5) is 11.3. The van der Waals surface area contributed by atoms with Crippen LogP contribution in [0.2, 0.25) is 0 Å². The number of carbonyl (C=O) groups is 1. The Labute approximate surface area is 107 Å². The van der Waals surface area contributed by atoms with Gasteiger partial charge in [-0.3, -0.25) is 0 Å². The second-order valence-electron chi connectivity index (χ2n) is 4.18. The van der Waals surface area contributed by atoms with Crippen LogP contribution in [-0.2, 0) is 6.54 Å². The van der Waals surface area contributed by atoms with Gasteiger partial charge in [-0.15, -0.1) is 0 Å². The molecule has 0 aromatic heterocycles. The van der Waals surface area contributed by atoms with E-state index >= 15 is 0 Å². The number of halogens is 1. The van der Waals surface area contributed by atoms with E-state index in [2.05, 4.69) is 10.6 Å². The maximum Gasteiger partial charge on any atom is 0.315 e. The maximum atomic E-state index is 13.5. The summed E-state index contributed by atoms with van der Waals surface area (Å²) >= 11 is 0. The first kappa shape index (κ1) is 14.3. The third-order valence-corrected chi connectivity index (χ3v) is 2.17. The van der Waals surface area contributed by atoms with Crippen LogP contribution in [0.25, 0.3) is 0 Å². The molecule has 2 N–H and O–H groups in total. The SMILES string of the molecule is CCOc1ccc(CNC(=O)NC(C)C)cc1F. The maximum absolute atomic E-state index is 13.5. The Hall–Kier alpha value is -1.78. The van der Waals surface area contributed by atoms with E-state index in [-0.39, 0.29) is 24.4 Å². The van der Waals surface area contributed by atoms with Crippen molar-refractivity contribution in [3.05, 3.63) is 29.6 Å². The lowest BCUT2D eigenvalue weighted by atomic mass is 10.2. The van der Waals surface area contributed by atoms with Crippen LogP contribution in [0.5, 0.6) is 5.75 Å². The molecule has 0 radical (unpaired) electrons. The minimum Gasteiger partial charge on any atom is -0.491 e. The van der Waals surface area contributed by atoms with Crippen molar-refractivity contribution in [3.63, 3.8) is 0 Å². The van der Waals surface area contributed by atoms with Gasteiger partial charge >= 0.3 is 6.03 Å². The first-order chi connectivity index (χ1) is 8.52. The van der Waals surface area contributed by atoms with Crippen LogP contribution in [0.15, 0.2) is 18.2 Å². The molecule has 5 heteroatoms. The van der Waals surface area contributed by atoms with Crippen molar-refractivity contribution >= 4 is 6.03 Å². The summed E-state index contributed by atoms with van der Waals surface area (Å²) < 4.78 is 18.6. The van der Waals surface area contributed by atoms with Gasteiger partial charge in [-0.2, -0.15) is 0 Å². The van der Waals surface area contributed by atoms with Crippen molar-refractivity contribution in [2.75, 3.05) is 6.61 Å². The number of nitrogens with one attached hydrogen (secondary N) is 2. The van der Waals surface area contributed by atoms with Gasteiger partial charge in [0, 0.05) is 12.6 Å². The summed E-state index contributed by atoms with van der Waals surface area (Å²) in [6, 6.07) is 4.46. The molecule has 0 atom stereocenters. The second kappa shape index (κ2) is 6.83. The first-order valence-corrected chi connectivity index (χ1v) is 5.98. The fourth-order valence-corrected chi connectivity index (χ4v) is 1.42. The molecule has 2 amide bonds. The monoisotopic (exact) mass is 254 g/mol. The zero-order valence-electron chi connectivity index (χ0n) is 10.9. The van der Waals surface area contributed by atoms with Crippen molar-refractivity contribution in [1.29, 1.82) is 0 Å². The summed E-state index contributed by atoms with van der Waals surface area (Å²) in [6.45, 7) is 6.24. The summed E-state index contributed by atoms with van der Waals surface area (Å²) in [7, 11) is 0. The number of hydrogen-bond acceptors (Lipinski definition) is 2. The minimum atomic E-state index is -0.416. The van der Waals surface area contributed by atoms with Gasteiger partial charge in [0.15, 0.2) is 11.6 Å². The van der Waals surface area contributed by atoms with Gasteiger partial charge in [-0.1, -0.05) is 6.07 Å². The van der Waals surface area contributed by atoms with Crippen LogP contribution >= 0.6 is 0 Å². The molecule has 0 heterocycles. The molecule has 0 fully saturated rings. The second-order valence-corrected chi connectivity index (χ2v) is 4.18. The van der Waals surface area contributed by atoms with E-state index in [0.29, 0.717) is 12.2 Å². The van der Waals surface area contributed by atoms with Gasteiger partial charge in [-0.05, 0) is 38.5 Å². The van der Waals surface area contributed by atoms with Crippen LogP contribution < -0.4 is 15.4 Å². The molecule has 0 saturated heterocycles. The van der Waals surface area contributed by atoms with Gasteiger partial charge in [0.05, 0.1) is 6.61 Å². The highest BCUT2D eigenvalue weighted by atomic mass is 19.1. The predicted molar refractivity (Wildman–Crippen MR) is 68.1 cm³/mol. The molecule has 0 aliphatic carbocycles. The number of urea groups is 1. The third kappa shape index (κ3) is 4.61. The predicted octanol–water partition coefficient (Wildman–Crippen LogP) is 2.43. The van der Waals surface area contributed by atoms with Crippen molar-refractivity contribution in [3.8, 4) is 5.75 Å². The van der Waals surface area contributed by atoms with Crippen LogP contribution in [0, 0.1) is 5.82 Å². The van der Waals surface area contributed by atoms with E-state index in [4.69, 9.17) is 4.74 Å². The Bertz CT molecular complexity index is 408. The first-order valence-electron chi connectivity index (χ1n) is 5.98. The van der Waals surface area contributed by atoms with E-state index in [1.807, 2.05) is 13.8 Å². The fraction of sp³-hybridized carbons (Fsp3) is 0.462. The molecule has 0 aliphatic rings. The topological polar surface area (TPSA) is 50.4 Å². The Balaban J connectivity index is 2.53. The van der Waals surface area contributed by atoms with E-state index < -0.39 is 5.82 Å². The smallest absolute Gasteiger partial charge is 0.315 e. The van der Waals surface area contributed by atoms with E-state index in [0.717, 1.165) is 0 Å². The van der Waals surface area contributed by atoms with Crippen LogP contribution in [0.4, 0.5) is 9.18 Å². The lowest BCUT2D eigenvalue weighted by Gasteiger charge is -2.11. The molecule has 0 aliphatic heterocycles. The normalized spacial score (nSPS) is 10.3. The number of hydrogen-bond donors (Lipinski definition) is 2. The highest BCUT2D eigenvalue weighted by molar-refractivity contribution is 5.74. The average molecular weight is 254 g/mol. The molecular formula is C13H19FN2O2. The van der Waals surface area contributed by atoms with Crippen molar-refractivity contribution in [2.24, 2.45) is 0 Å². The van der Waals surface area contributed by atoms with Gasteiger partial charge in [0.2, 0.25) is 0 Å². The standard InChI is InChI=1S/C13H19FN2O2/c1-4-18-12-6-5-10(7-11(12)14)8-15-13(17)16-9(2)3/h5-7,9H,4,8H2,1-3H3,(H2,15,16,17). The van der Waals surface area contributed by atoms with Crippen molar-refractivity contribution in [1.82, 2.24) is 10.6 Å². The van der Waals surface area contributed by atoms with Gasteiger partial charge in [0.25, 0.3) is 0 Å². The van der Waals surface area contributed by atoms with Crippen LogP contribution in [0.3, 0.4) is 0 Å². The van der Waals surface area contributed by atoms with Crippen LogP contribution in [-0.4, -0.2) is 18.7 Å². The molecule has 1 aromatic carbocycles. The van der Waals surface area contributed by atoms with Gasteiger partial charge in [0.1, 0.15) is 0 Å². The Kier molecular flexibility index (Phi) is 5.42. The molecule has 4 nitrogen and oxygen atoms in total. The highest BCUT2D eigenvalue weighted by Crippen LogP contribution is 2.18. The molecule has 18 heavy (non-hydrogen) atoms. The van der Waals surface area contributed by atoms with Crippen LogP contribution in [0.1, 0.15) is 26.3 Å². The number of benzene rings is 1. The largest absolute Gasteiger partial charge is 0.491 e. The number of amides is 2. The fourth-order valence-electron chi connectivity index (χ4n) is 1.42. The Morgan fingerprint density at radius 2 is 2.17 bits per heavy atom. The zero-order chi connectivity index (χ0) is 13.5. The number of rotatable bonds is 5. The molecule has 0 unspecified atom stereocenters. The van der Waals surface area contributed by atoms with Crippen molar-refractivity contribution in [2.45, 2.75) is 33.4 Å². The average Bonchev–Trinajstić information content (AvgIpc) is 2.29. The summed E-state index contributed by atoms with van der Waals surface area (Å²) in [5.41, 5.74) is 0.690. The van der Waals surface area contributed by atoms with Crippen molar-refractivity contribution < 1.29 is 13.9 Å². The van der Waals surface area contributed by atoms with E-state index in [1.165, 1.54) is 6.07 Å². The lowest BCUT2D eigenvalue weighted by Crippen LogP contribution is -2.39. The Morgan fingerprint density at radius 1 is 1.44 bits per heavy atom. The van der Waals surface area contributed by atoms with E-state index in [1.54, 1.807) is 19.1 Å². The number of ether oxygens (including phenoxy) is 1. The minimum absolute atomic E-state index is 0.0714. The molecule has 0 spiro atoms. The zero-order valence-corrected chi connectivity index (χ0v) is 10.9. The Morgan fingerprint density at radius 3 is 2.72 bits per heavy atom. The molecule has 0 bridgehead atoms. The molecule has 1 rings (SSSR count). The summed E-state index contributed by atoms with van der Waals surface area (Å²) in [5, 5.41) is 5.34. The molecule has 1 aromatic rings. The van der Waals surface area contributed by atoms with Gasteiger partial charge in [-0.25, -0.2) is 9.18 Å². The summed E-state index contributed by atoms with van der Waals surface area (Å²) in [5.74, 6) is -0.187. The molecule has 100 valence electrons. The summed E-state index contributed by atoms with van der Waals surface area (Å²) in [6.07, 6.45) is 0. The number of carbonyl (C=O) groups excluding carboxylic acids is 1. The quantitative estimate of drug-likeness (QED) is 0.848.